The van der Waals surface area contributed by atoms with Crippen LogP contribution in [0.4, 0.5) is 0 Å². The lowest BCUT2D eigenvalue weighted by molar-refractivity contribution is -0.160. The molecular weight excluding hydrogens is 296 g/mol. The molecular formula is C18H18O5. The van der Waals surface area contributed by atoms with E-state index in [0.717, 1.165) is 10.9 Å². The maximum atomic E-state index is 11.8. The average Bonchev–Trinajstić information content (AvgIpc) is 2.46. The van der Waals surface area contributed by atoms with Crippen LogP contribution in [0.25, 0.3) is 11.0 Å². The van der Waals surface area contributed by atoms with Gasteiger partial charge in [-0.2, -0.15) is 0 Å². The molecule has 3 rings (SSSR count). The normalized spacial score (nSPS) is 18.8. The van der Waals surface area contributed by atoms with E-state index in [2.05, 4.69) is 6.58 Å². The number of benzene rings is 1. The van der Waals surface area contributed by atoms with Crippen LogP contribution < -0.4 is 10.4 Å². The van der Waals surface area contributed by atoms with Crippen molar-refractivity contribution in [1.82, 2.24) is 0 Å². The van der Waals surface area contributed by atoms with Crippen LogP contribution in [0.5, 0.6) is 5.75 Å². The summed E-state index contributed by atoms with van der Waals surface area (Å²) in [6.07, 6.45) is 1.83. The van der Waals surface area contributed by atoms with Crippen molar-refractivity contribution in [3.63, 3.8) is 0 Å². The number of esters is 1. The first-order valence-electron chi connectivity index (χ1n) is 7.45. The molecule has 0 amide bonds. The number of carbonyl (C=O) groups is 1. The van der Waals surface area contributed by atoms with Gasteiger partial charge in [-0.25, -0.2) is 4.79 Å². The molecule has 1 aromatic heterocycles. The van der Waals surface area contributed by atoms with E-state index in [1.165, 1.54) is 12.1 Å². The highest BCUT2D eigenvalue weighted by Crippen LogP contribution is 2.37. The van der Waals surface area contributed by atoms with E-state index < -0.39 is 17.3 Å². The van der Waals surface area contributed by atoms with Crippen LogP contribution in [0.2, 0.25) is 0 Å². The molecule has 5 nitrogen and oxygen atoms in total. The minimum Gasteiger partial charge on any atom is -0.484 e. The van der Waals surface area contributed by atoms with Gasteiger partial charge in [0, 0.05) is 23.9 Å². The molecule has 2 aromatic rings. The SMILES string of the molecule is C=CCC(=O)O[C@H]1Cc2cc3ccc(=O)oc3cc2OC1(C)C. The van der Waals surface area contributed by atoms with Crippen molar-refractivity contribution in [2.75, 3.05) is 0 Å². The van der Waals surface area contributed by atoms with Crippen molar-refractivity contribution in [3.05, 3.63) is 52.9 Å². The predicted octanol–water partition coefficient (Wildman–Crippen LogP) is 2.99. The molecule has 0 fully saturated rings. The Balaban J connectivity index is 1.97. The minimum absolute atomic E-state index is 0.169. The van der Waals surface area contributed by atoms with Crippen LogP contribution in [0.1, 0.15) is 25.8 Å². The Morgan fingerprint density at radius 2 is 2.22 bits per heavy atom. The topological polar surface area (TPSA) is 65.7 Å². The van der Waals surface area contributed by atoms with Crippen LogP contribution in [0.15, 0.2) is 46.1 Å². The van der Waals surface area contributed by atoms with E-state index in [-0.39, 0.29) is 12.4 Å². The van der Waals surface area contributed by atoms with Crippen molar-refractivity contribution >= 4 is 16.9 Å². The van der Waals surface area contributed by atoms with Crippen molar-refractivity contribution < 1.29 is 18.7 Å². The molecule has 1 atom stereocenters. The quantitative estimate of drug-likeness (QED) is 0.495. The second-order valence-corrected chi connectivity index (χ2v) is 6.13. The van der Waals surface area contributed by atoms with E-state index in [9.17, 15) is 9.59 Å². The van der Waals surface area contributed by atoms with Gasteiger partial charge < -0.3 is 13.9 Å². The second-order valence-electron chi connectivity index (χ2n) is 6.13. The summed E-state index contributed by atoms with van der Waals surface area (Å²) in [7, 11) is 0. The maximum Gasteiger partial charge on any atom is 0.336 e. The van der Waals surface area contributed by atoms with Crippen molar-refractivity contribution in [3.8, 4) is 5.75 Å². The van der Waals surface area contributed by atoms with Gasteiger partial charge in [0.05, 0.1) is 6.42 Å². The molecule has 0 spiro atoms. The summed E-state index contributed by atoms with van der Waals surface area (Å²) >= 11 is 0. The summed E-state index contributed by atoms with van der Waals surface area (Å²) in [5, 5.41) is 0.808. The lowest BCUT2D eigenvalue weighted by Crippen LogP contribution is -2.48. The highest BCUT2D eigenvalue weighted by Gasteiger charge is 2.39. The molecule has 23 heavy (non-hydrogen) atoms. The minimum atomic E-state index is -0.674. The highest BCUT2D eigenvalue weighted by atomic mass is 16.6. The van der Waals surface area contributed by atoms with E-state index in [0.29, 0.717) is 17.8 Å². The van der Waals surface area contributed by atoms with E-state index in [1.807, 2.05) is 19.9 Å². The number of rotatable bonds is 3. The molecule has 0 saturated carbocycles. The summed E-state index contributed by atoms with van der Waals surface area (Å²) < 4.78 is 16.7. The Morgan fingerprint density at radius 3 is 2.96 bits per heavy atom. The molecule has 5 heteroatoms. The summed E-state index contributed by atoms with van der Waals surface area (Å²) in [6, 6.07) is 6.71. The first kappa shape index (κ1) is 15.3. The highest BCUT2D eigenvalue weighted by molar-refractivity contribution is 5.79. The maximum absolute atomic E-state index is 11.8. The van der Waals surface area contributed by atoms with Crippen molar-refractivity contribution in [2.24, 2.45) is 0 Å². The third kappa shape index (κ3) is 2.99. The van der Waals surface area contributed by atoms with Gasteiger partial charge >= 0.3 is 11.6 Å². The zero-order chi connectivity index (χ0) is 16.6. The fraction of sp³-hybridized carbons (Fsp3) is 0.333. The van der Waals surface area contributed by atoms with Gasteiger partial charge in [0.25, 0.3) is 0 Å². The van der Waals surface area contributed by atoms with E-state index in [4.69, 9.17) is 13.9 Å². The molecule has 120 valence electrons. The first-order chi connectivity index (χ1) is 10.9. The molecule has 0 radical (unpaired) electrons. The average molecular weight is 314 g/mol. The molecule has 0 bridgehead atoms. The number of fused-ring (bicyclic) bond motifs is 2. The van der Waals surface area contributed by atoms with Gasteiger partial charge in [-0.3, -0.25) is 4.79 Å². The van der Waals surface area contributed by atoms with Crippen LogP contribution >= 0.6 is 0 Å². The number of hydrogen-bond donors (Lipinski definition) is 0. The summed E-state index contributed by atoms with van der Waals surface area (Å²) in [5.74, 6) is 0.324. The standard InChI is InChI=1S/C18H18O5/c1-4-5-16(19)22-15-9-12-8-11-6-7-17(20)21-13(11)10-14(12)23-18(15,2)3/h4,6-8,10,15H,1,5,9H2,2-3H3/t15-/m0/s1. The lowest BCUT2D eigenvalue weighted by atomic mass is 9.90. The van der Waals surface area contributed by atoms with Gasteiger partial charge in [-0.1, -0.05) is 6.08 Å². The smallest absolute Gasteiger partial charge is 0.336 e. The Kier molecular flexibility index (Phi) is 3.72. The van der Waals surface area contributed by atoms with Gasteiger partial charge in [-0.15, -0.1) is 6.58 Å². The monoisotopic (exact) mass is 314 g/mol. The van der Waals surface area contributed by atoms with Gasteiger partial charge in [0.1, 0.15) is 23.0 Å². The molecule has 0 saturated heterocycles. The fourth-order valence-corrected chi connectivity index (χ4v) is 2.70. The number of ether oxygens (including phenoxy) is 2. The Hall–Kier alpha value is -2.56. The predicted molar refractivity (Wildman–Crippen MR) is 85.6 cm³/mol. The fourth-order valence-electron chi connectivity index (χ4n) is 2.70. The van der Waals surface area contributed by atoms with Gasteiger partial charge in [-0.05, 0) is 31.5 Å². The largest absolute Gasteiger partial charge is 0.484 e. The molecule has 0 unspecified atom stereocenters. The second kappa shape index (κ2) is 5.57. The Bertz CT molecular complexity index is 831. The molecule has 1 aliphatic rings. The molecule has 0 N–H and O–H groups in total. The molecule has 0 aliphatic carbocycles. The van der Waals surface area contributed by atoms with Crippen LogP contribution in [0.3, 0.4) is 0 Å². The van der Waals surface area contributed by atoms with Gasteiger partial charge in [0.2, 0.25) is 0 Å². The van der Waals surface area contributed by atoms with Crippen molar-refractivity contribution in [2.45, 2.75) is 38.4 Å². The lowest BCUT2D eigenvalue weighted by Gasteiger charge is -2.39. The van der Waals surface area contributed by atoms with Crippen LogP contribution in [0, 0.1) is 0 Å². The molecule has 2 heterocycles. The van der Waals surface area contributed by atoms with Crippen LogP contribution in [-0.2, 0) is 16.0 Å². The first-order valence-corrected chi connectivity index (χ1v) is 7.45. The zero-order valence-electron chi connectivity index (χ0n) is 13.1. The van der Waals surface area contributed by atoms with Crippen molar-refractivity contribution in [1.29, 1.82) is 0 Å². The van der Waals surface area contributed by atoms with E-state index >= 15 is 0 Å². The molecule has 1 aliphatic heterocycles. The summed E-state index contributed by atoms with van der Waals surface area (Å²) in [6.45, 7) is 7.28. The third-order valence-corrected chi connectivity index (χ3v) is 3.94. The number of carbonyl (C=O) groups excluding carboxylic acids is 1. The third-order valence-electron chi connectivity index (χ3n) is 3.94. The summed E-state index contributed by atoms with van der Waals surface area (Å²) in [4.78, 5) is 23.1. The number of hydrogen-bond acceptors (Lipinski definition) is 5. The Labute approximate surface area is 133 Å². The van der Waals surface area contributed by atoms with Gasteiger partial charge in [0.15, 0.2) is 0 Å². The summed E-state index contributed by atoms with van der Waals surface area (Å²) in [5.41, 5.74) is 0.326. The van der Waals surface area contributed by atoms with E-state index in [1.54, 1.807) is 12.1 Å². The zero-order valence-corrected chi connectivity index (χ0v) is 13.1. The van der Waals surface area contributed by atoms with Crippen LogP contribution in [-0.4, -0.2) is 17.7 Å². The Morgan fingerprint density at radius 1 is 1.43 bits per heavy atom. The molecule has 1 aromatic carbocycles.